The normalized spacial score (nSPS) is 13.0. The summed E-state index contributed by atoms with van der Waals surface area (Å²) in [6.45, 7) is 0.770. The molecule has 0 unspecified atom stereocenters. The number of H-pyrrole nitrogens is 1. The smallest absolute Gasteiger partial charge is 0.272 e. The van der Waals surface area contributed by atoms with Crippen LogP contribution in [0, 0.1) is 11.6 Å². The summed E-state index contributed by atoms with van der Waals surface area (Å²) in [4.78, 5) is 22.1. The molecule has 132 valence electrons. The van der Waals surface area contributed by atoms with Crippen molar-refractivity contribution in [2.45, 2.75) is 6.42 Å². The Hall–Kier alpha value is -3.22. The highest BCUT2D eigenvalue weighted by Gasteiger charge is 2.23. The van der Waals surface area contributed by atoms with Gasteiger partial charge in [-0.15, -0.1) is 0 Å². The molecule has 0 saturated carbocycles. The number of likely N-dealkylation sites (N-methyl/N-ethyl adjacent to an activating group) is 1. The van der Waals surface area contributed by atoms with Crippen LogP contribution in [0.2, 0.25) is 0 Å². The van der Waals surface area contributed by atoms with Crippen molar-refractivity contribution in [3.8, 4) is 11.4 Å². The molecule has 1 aliphatic heterocycles. The molecule has 0 radical (unpaired) electrons. The van der Waals surface area contributed by atoms with E-state index in [0.717, 1.165) is 47.7 Å². The highest BCUT2D eigenvalue weighted by atomic mass is 19.1. The highest BCUT2D eigenvalue weighted by molar-refractivity contribution is 6.04. The predicted molar refractivity (Wildman–Crippen MR) is 95.3 cm³/mol. The Morgan fingerprint density at radius 2 is 2.00 bits per heavy atom. The molecule has 0 saturated heterocycles. The number of benzene rings is 1. The van der Waals surface area contributed by atoms with Crippen molar-refractivity contribution in [3.05, 3.63) is 65.5 Å². The van der Waals surface area contributed by atoms with Gasteiger partial charge in [0.25, 0.3) is 5.91 Å². The molecule has 1 amide bonds. The Morgan fingerprint density at radius 3 is 2.77 bits per heavy atom. The van der Waals surface area contributed by atoms with E-state index < -0.39 is 23.2 Å². The molecule has 0 fully saturated rings. The Morgan fingerprint density at radius 1 is 1.23 bits per heavy atom. The molecule has 0 bridgehead atoms. The standard InChI is InChI=1S/C19H16F2N4O/c1-25-9-7-11-10-14(23-16(11)18-15(25)6-3-8-22-18)19(26)24-17-12(20)4-2-5-13(17)21/h2-6,8,10,23H,7,9H2,1H3,(H,24,26). The number of pyridine rings is 1. The number of fused-ring (bicyclic) bond motifs is 3. The Labute approximate surface area is 148 Å². The van der Waals surface area contributed by atoms with Crippen LogP contribution in [0.1, 0.15) is 16.1 Å². The van der Waals surface area contributed by atoms with Gasteiger partial charge < -0.3 is 15.2 Å². The number of carbonyl (C=O) groups is 1. The van der Waals surface area contributed by atoms with E-state index in [-0.39, 0.29) is 5.69 Å². The highest BCUT2D eigenvalue weighted by Crippen LogP contribution is 2.34. The number of hydrogen-bond donors (Lipinski definition) is 2. The largest absolute Gasteiger partial charge is 0.372 e. The van der Waals surface area contributed by atoms with Gasteiger partial charge in [0.05, 0.1) is 11.4 Å². The van der Waals surface area contributed by atoms with E-state index in [4.69, 9.17) is 0 Å². The summed E-state index contributed by atoms with van der Waals surface area (Å²) < 4.78 is 27.5. The van der Waals surface area contributed by atoms with Gasteiger partial charge >= 0.3 is 0 Å². The molecular formula is C19H16F2N4O. The average Bonchev–Trinajstić information content (AvgIpc) is 3.02. The minimum absolute atomic E-state index is 0.235. The van der Waals surface area contributed by atoms with Crippen LogP contribution in [0.5, 0.6) is 0 Å². The fourth-order valence-corrected chi connectivity index (χ4v) is 3.13. The van der Waals surface area contributed by atoms with E-state index in [9.17, 15) is 13.6 Å². The van der Waals surface area contributed by atoms with E-state index in [1.807, 2.05) is 19.2 Å². The minimum atomic E-state index is -0.819. The molecule has 0 spiro atoms. The van der Waals surface area contributed by atoms with Crippen molar-refractivity contribution < 1.29 is 13.6 Å². The number of rotatable bonds is 2. The number of nitrogens with zero attached hydrogens (tertiary/aromatic N) is 2. The maximum absolute atomic E-state index is 13.8. The van der Waals surface area contributed by atoms with Gasteiger partial charge in [0, 0.05) is 19.8 Å². The number of anilines is 2. The summed E-state index contributed by atoms with van der Waals surface area (Å²) in [5, 5.41) is 2.30. The lowest BCUT2D eigenvalue weighted by molar-refractivity contribution is 0.102. The van der Waals surface area contributed by atoms with Gasteiger partial charge in [0.15, 0.2) is 0 Å². The van der Waals surface area contributed by atoms with Crippen molar-refractivity contribution in [2.24, 2.45) is 0 Å². The third-order valence-electron chi connectivity index (χ3n) is 4.50. The van der Waals surface area contributed by atoms with E-state index in [2.05, 4.69) is 20.2 Å². The first-order valence-electron chi connectivity index (χ1n) is 8.18. The Balaban J connectivity index is 1.70. The van der Waals surface area contributed by atoms with E-state index in [0.29, 0.717) is 0 Å². The number of aromatic nitrogens is 2. The second-order valence-electron chi connectivity index (χ2n) is 6.18. The molecule has 3 aromatic rings. The first kappa shape index (κ1) is 16.3. The number of aromatic amines is 1. The fourth-order valence-electron chi connectivity index (χ4n) is 3.13. The van der Waals surface area contributed by atoms with Gasteiger partial charge in [0.1, 0.15) is 28.7 Å². The quantitative estimate of drug-likeness (QED) is 0.739. The molecule has 1 aromatic carbocycles. The van der Waals surface area contributed by atoms with Gasteiger partial charge in [-0.25, -0.2) is 8.78 Å². The van der Waals surface area contributed by atoms with Gasteiger partial charge in [0.2, 0.25) is 0 Å². The molecule has 0 aliphatic carbocycles. The maximum Gasteiger partial charge on any atom is 0.272 e. The third kappa shape index (κ3) is 2.71. The number of halogens is 2. The second kappa shape index (κ2) is 6.25. The molecule has 2 N–H and O–H groups in total. The number of para-hydroxylation sites is 1. The van der Waals surface area contributed by atoms with Crippen LogP contribution in [0.15, 0.2) is 42.6 Å². The second-order valence-corrected chi connectivity index (χ2v) is 6.18. The van der Waals surface area contributed by atoms with Crippen LogP contribution >= 0.6 is 0 Å². The number of carbonyl (C=O) groups excluding carboxylic acids is 1. The summed E-state index contributed by atoms with van der Waals surface area (Å²) in [6.07, 6.45) is 2.41. The fraction of sp³-hybridized carbons (Fsp3) is 0.158. The van der Waals surface area contributed by atoms with Crippen LogP contribution in [0.3, 0.4) is 0 Å². The average molecular weight is 354 g/mol. The summed E-state index contributed by atoms with van der Waals surface area (Å²) in [5.41, 5.74) is 3.18. The molecular weight excluding hydrogens is 338 g/mol. The van der Waals surface area contributed by atoms with E-state index in [1.54, 1.807) is 12.3 Å². The van der Waals surface area contributed by atoms with Gasteiger partial charge in [-0.1, -0.05) is 6.07 Å². The zero-order valence-electron chi connectivity index (χ0n) is 14.0. The van der Waals surface area contributed by atoms with E-state index >= 15 is 0 Å². The van der Waals surface area contributed by atoms with Crippen molar-refractivity contribution >= 4 is 17.3 Å². The maximum atomic E-state index is 13.8. The van der Waals surface area contributed by atoms with Crippen LogP contribution < -0.4 is 10.2 Å². The first-order chi connectivity index (χ1) is 12.5. The molecule has 4 rings (SSSR count). The summed E-state index contributed by atoms with van der Waals surface area (Å²) in [5.74, 6) is -2.24. The molecule has 7 heteroatoms. The van der Waals surface area contributed by atoms with Crippen LogP contribution in [-0.2, 0) is 6.42 Å². The Bertz CT molecular complexity index is 979. The monoisotopic (exact) mass is 354 g/mol. The van der Waals surface area contributed by atoms with Crippen molar-refractivity contribution in [1.29, 1.82) is 0 Å². The zero-order valence-corrected chi connectivity index (χ0v) is 14.0. The molecule has 2 aromatic heterocycles. The molecule has 0 atom stereocenters. The van der Waals surface area contributed by atoms with Gasteiger partial charge in [-0.05, 0) is 42.3 Å². The van der Waals surface area contributed by atoms with Crippen LogP contribution in [0.4, 0.5) is 20.2 Å². The molecule has 5 nitrogen and oxygen atoms in total. The first-order valence-corrected chi connectivity index (χ1v) is 8.18. The minimum Gasteiger partial charge on any atom is -0.372 e. The molecule has 1 aliphatic rings. The molecule has 26 heavy (non-hydrogen) atoms. The number of nitrogens with one attached hydrogen (secondary N) is 2. The SMILES string of the molecule is CN1CCc2cc(C(=O)Nc3c(F)cccc3F)[nH]c2-c2ncccc21. The zero-order chi connectivity index (χ0) is 18.3. The topological polar surface area (TPSA) is 61.0 Å². The number of hydrogen-bond acceptors (Lipinski definition) is 3. The van der Waals surface area contributed by atoms with Crippen molar-refractivity contribution in [1.82, 2.24) is 9.97 Å². The van der Waals surface area contributed by atoms with E-state index in [1.165, 1.54) is 6.07 Å². The van der Waals surface area contributed by atoms with Crippen molar-refractivity contribution in [2.75, 3.05) is 23.8 Å². The Kier molecular flexibility index (Phi) is 3.91. The lowest BCUT2D eigenvalue weighted by atomic mass is 10.1. The van der Waals surface area contributed by atoms with Gasteiger partial charge in [-0.3, -0.25) is 9.78 Å². The van der Waals surface area contributed by atoms with Crippen molar-refractivity contribution in [3.63, 3.8) is 0 Å². The summed E-state index contributed by atoms with van der Waals surface area (Å²) in [6, 6.07) is 8.97. The lowest BCUT2D eigenvalue weighted by Gasteiger charge is -2.18. The van der Waals surface area contributed by atoms with Gasteiger partial charge in [-0.2, -0.15) is 0 Å². The molecule has 3 heterocycles. The number of amides is 1. The van der Waals surface area contributed by atoms with Crippen LogP contribution in [-0.4, -0.2) is 29.5 Å². The van der Waals surface area contributed by atoms with Crippen LogP contribution in [0.25, 0.3) is 11.4 Å². The summed E-state index contributed by atoms with van der Waals surface area (Å²) >= 11 is 0. The third-order valence-corrected chi connectivity index (χ3v) is 4.50. The predicted octanol–water partition coefficient (Wildman–Crippen LogP) is 3.60. The summed E-state index contributed by atoms with van der Waals surface area (Å²) in [7, 11) is 1.99. The lowest BCUT2D eigenvalue weighted by Crippen LogP contribution is -2.19.